The first-order valence-electron chi connectivity index (χ1n) is 8.23. The molecule has 0 atom stereocenters. The third-order valence-electron chi connectivity index (χ3n) is 4.18. The molecule has 144 valence electrons. The summed E-state index contributed by atoms with van der Waals surface area (Å²) in [6.45, 7) is 4.96. The van der Waals surface area contributed by atoms with Crippen LogP contribution in [0.25, 0.3) is 0 Å². The van der Waals surface area contributed by atoms with Gasteiger partial charge < -0.3 is 19.8 Å². The quantitative estimate of drug-likeness (QED) is 0.804. The Kier molecular flexibility index (Phi) is 9.51. The second-order valence-electron chi connectivity index (χ2n) is 5.80. The smallest absolute Gasteiger partial charge is 0.257 e. The fraction of sp³-hybridized carbons (Fsp3) is 0.389. The number of furan rings is 1. The van der Waals surface area contributed by atoms with Gasteiger partial charge in [0.1, 0.15) is 24.4 Å². The predicted molar refractivity (Wildman–Crippen MR) is 105 cm³/mol. The van der Waals surface area contributed by atoms with Crippen LogP contribution < -0.4 is 10.5 Å². The van der Waals surface area contributed by atoms with Crippen LogP contribution in [0.4, 0.5) is 0 Å². The van der Waals surface area contributed by atoms with E-state index in [1.165, 1.54) is 6.26 Å². The van der Waals surface area contributed by atoms with Crippen LogP contribution in [0.3, 0.4) is 0 Å². The van der Waals surface area contributed by atoms with Crippen LogP contribution in [0.15, 0.2) is 47.1 Å². The minimum absolute atomic E-state index is 0. The van der Waals surface area contributed by atoms with Crippen molar-refractivity contribution in [2.75, 3.05) is 39.3 Å². The third-order valence-corrected chi connectivity index (χ3v) is 4.18. The van der Waals surface area contributed by atoms with Crippen LogP contribution >= 0.6 is 24.8 Å². The Morgan fingerprint density at radius 1 is 1.12 bits per heavy atom. The second-order valence-corrected chi connectivity index (χ2v) is 5.80. The monoisotopic (exact) mass is 401 g/mol. The number of carbonyl (C=O) groups is 1. The van der Waals surface area contributed by atoms with E-state index in [9.17, 15) is 4.79 Å². The van der Waals surface area contributed by atoms with E-state index in [-0.39, 0.29) is 30.7 Å². The van der Waals surface area contributed by atoms with Crippen molar-refractivity contribution in [3.63, 3.8) is 0 Å². The van der Waals surface area contributed by atoms with Gasteiger partial charge in [-0.05, 0) is 18.2 Å². The molecule has 2 N–H and O–H groups in total. The number of piperazine rings is 1. The fourth-order valence-electron chi connectivity index (χ4n) is 2.77. The van der Waals surface area contributed by atoms with Gasteiger partial charge in [-0.1, -0.05) is 18.2 Å². The summed E-state index contributed by atoms with van der Waals surface area (Å²) in [5.41, 5.74) is 6.09. The Morgan fingerprint density at radius 3 is 2.42 bits per heavy atom. The highest BCUT2D eigenvalue weighted by atomic mass is 35.5. The first kappa shape index (κ1) is 22.3. The average Bonchev–Trinajstić information content (AvgIpc) is 3.12. The Labute approximate surface area is 166 Å². The van der Waals surface area contributed by atoms with Crippen molar-refractivity contribution in [2.45, 2.75) is 6.54 Å². The van der Waals surface area contributed by atoms with Gasteiger partial charge >= 0.3 is 0 Å². The van der Waals surface area contributed by atoms with Crippen molar-refractivity contribution >= 4 is 30.7 Å². The molecule has 1 aromatic carbocycles. The van der Waals surface area contributed by atoms with Crippen LogP contribution in [0.1, 0.15) is 16.1 Å². The van der Waals surface area contributed by atoms with E-state index in [4.69, 9.17) is 14.9 Å². The van der Waals surface area contributed by atoms with Gasteiger partial charge in [-0.25, -0.2) is 0 Å². The molecule has 1 saturated heterocycles. The van der Waals surface area contributed by atoms with E-state index >= 15 is 0 Å². The number of hydrogen-bond acceptors (Lipinski definition) is 5. The number of hydrogen-bond donors (Lipinski definition) is 1. The second kappa shape index (κ2) is 11.1. The van der Waals surface area contributed by atoms with Gasteiger partial charge in [0, 0.05) is 32.7 Å². The lowest BCUT2D eigenvalue weighted by atomic mass is 10.2. The largest absolute Gasteiger partial charge is 0.492 e. The Bertz CT molecular complexity index is 659. The summed E-state index contributed by atoms with van der Waals surface area (Å²) in [4.78, 5) is 16.6. The maximum atomic E-state index is 12.4. The van der Waals surface area contributed by atoms with Crippen LogP contribution in [-0.4, -0.2) is 55.0 Å². The zero-order chi connectivity index (χ0) is 16.8. The van der Waals surface area contributed by atoms with Crippen molar-refractivity contribution in [3.05, 3.63) is 54.0 Å². The Hall–Kier alpha value is -1.73. The lowest BCUT2D eigenvalue weighted by Crippen LogP contribution is -2.49. The van der Waals surface area contributed by atoms with Crippen LogP contribution in [-0.2, 0) is 6.54 Å². The molecule has 0 bridgehead atoms. The van der Waals surface area contributed by atoms with Gasteiger partial charge in [0.2, 0.25) is 0 Å². The molecule has 2 heterocycles. The minimum Gasteiger partial charge on any atom is -0.492 e. The summed E-state index contributed by atoms with van der Waals surface area (Å²) in [7, 11) is 0. The Morgan fingerprint density at radius 2 is 1.81 bits per heavy atom. The number of carbonyl (C=O) groups excluding carboxylic acids is 1. The van der Waals surface area contributed by atoms with Crippen molar-refractivity contribution in [1.29, 1.82) is 0 Å². The zero-order valence-corrected chi connectivity index (χ0v) is 16.1. The molecular formula is C18H25Cl2N3O3. The molecule has 1 amide bonds. The van der Waals surface area contributed by atoms with Crippen molar-refractivity contribution in [2.24, 2.45) is 5.73 Å². The highest BCUT2D eigenvalue weighted by Gasteiger charge is 2.23. The Balaban J connectivity index is 0.00000169. The molecule has 1 aliphatic rings. The van der Waals surface area contributed by atoms with Gasteiger partial charge in [0.05, 0.1) is 12.1 Å². The average molecular weight is 402 g/mol. The summed E-state index contributed by atoms with van der Waals surface area (Å²) in [6, 6.07) is 11.5. The number of ether oxygens (including phenoxy) is 1. The number of rotatable bonds is 6. The lowest BCUT2D eigenvalue weighted by Gasteiger charge is -2.34. The van der Waals surface area contributed by atoms with Gasteiger partial charge in [0.15, 0.2) is 0 Å². The molecule has 1 aliphatic heterocycles. The molecule has 8 heteroatoms. The molecule has 2 aromatic rings. The summed E-state index contributed by atoms with van der Waals surface area (Å²) in [6.07, 6.45) is 1.49. The van der Waals surface area contributed by atoms with Crippen molar-refractivity contribution in [3.8, 4) is 5.75 Å². The molecule has 0 aliphatic carbocycles. The van der Waals surface area contributed by atoms with E-state index in [0.29, 0.717) is 37.6 Å². The molecular weight excluding hydrogens is 377 g/mol. The molecule has 1 fully saturated rings. The van der Waals surface area contributed by atoms with E-state index in [1.807, 2.05) is 35.2 Å². The van der Waals surface area contributed by atoms with E-state index in [2.05, 4.69) is 4.90 Å². The number of halogens is 2. The highest BCUT2D eigenvalue weighted by molar-refractivity contribution is 5.94. The predicted octanol–water partition coefficient (Wildman–Crippen LogP) is 2.42. The summed E-state index contributed by atoms with van der Waals surface area (Å²) >= 11 is 0. The maximum Gasteiger partial charge on any atom is 0.257 e. The number of nitrogens with zero attached hydrogens (tertiary/aromatic N) is 2. The zero-order valence-electron chi connectivity index (χ0n) is 14.5. The van der Waals surface area contributed by atoms with Crippen LogP contribution in [0.5, 0.6) is 5.75 Å². The molecule has 0 spiro atoms. The fourth-order valence-corrected chi connectivity index (χ4v) is 2.77. The van der Waals surface area contributed by atoms with Crippen LogP contribution in [0.2, 0.25) is 0 Å². The molecule has 26 heavy (non-hydrogen) atoms. The summed E-state index contributed by atoms with van der Waals surface area (Å²) < 4.78 is 11.0. The molecule has 6 nitrogen and oxygen atoms in total. The van der Waals surface area contributed by atoms with E-state index < -0.39 is 0 Å². The lowest BCUT2D eigenvalue weighted by molar-refractivity contribution is 0.0619. The third kappa shape index (κ3) is 5.92. The molecule has 0 radical (unpaired) electrons. The van der Waals surface area contributed by atoms with Gasteiger partial charge in [0.25, 0.3) is 5.91 Å². The number of amides is 1. The summed E-state index contributed by atoms with van der Waals surface area (Å²) in [5, 5.41) is 0. The standard InChI is InChI=1S/C18H23N3O3.2ClH/c19-13-17-12-15(14-24-17)18(22)21-8-6-20(7-9-21)10-11-23-16-4-2-1-3-5-16;;/h1-5,12,14H,6-11,13,19H2;2*1H. The van der Waals surface area contributed by atoms with E-state index in [1.54, 1.807) is 6.07 Å². The van der Waals surface area contributed by atoms with Crippen molar-refractivity contribution in [1.82, 2.24) is 9.80 Å². The number of benzene rings is 1. The van der Waals surface area contributed by atoms with Gasteiger partial charge in [-0.2, -0.15) is 0 Å². The van der Waals surface area contributed by atoms with E-state index in [0.717, 1.165) is 25.4 Å². The molecule has 0 saturated carbocycles. The van der Waals surface area contributed by atoms with Gasteiger partial charge in [-0.3, -0.25) is 9.69 Å². The SMILES string of the molecule is Cl.Cl.NCc1cc(C(=O)N2CCN(CCOc3ccccc3)CC2)co1. The number of nitrogens with two attached hydrogens (primary N) is 1. The van der Waals surface area contributed by atoms with Gasteiger partial charge in [-0.15, -0.1) is 24.8 Å². The minimum atomic E-state index is 0. The topological polar surface area (TPSA) is 71.9 Å². The summed E-state index contributed by atoms with van der Waals surface area (Å²) in [5.74, 6) is 1.54. The maximum absolute atomic E-state index is 12.4. The first-order valence-corrected chi connectivity index (χ1v) is 8.23. The molecule has 3 rings (SSSR count). The molecule has 1 aromatic heterocycles. The molecule has 0 unspecified atom stereocenters. The number of para-hydroxylation sites is 1. The normalized spacial score (nSPS) is 14.3. The van der Waals surface area contributed by atoms with Crippen molar-refractivity contribution < 1.29 is 13.9 Å². The first-order chi connectivity index (χ1) is 11.8. The van der Waals surface area contributed by atoms with Crippen LogP contribution in [0, 0.1) is 0 Å². The highest BCUT2D eigenvalue weighted by Crippen LogP contribution is 2.13.